The number of aliphatic hydroxyl groups is 1. The van der Waals surface area contributed by atoms with E-state index in [1.807, 2.05) is 6.92 Å². The molecule has 0 aliphatic heterocycles. The summed E-state index contributed by atoms with van der Waals surface area (Å²) in [6.07, 6.45) is 2.62. The Morgan fingerprint density at radius 3 is 2.38 bits per heavy atom. The molecule has 0 heterocycles. The van der Waals surface area contributed by atoms with E-state index in [0.29, 0.717) is 18.9 Å². The lowest BCUT2D eigenvalue weighted by atomic mass is 9.94. The third-order valence-corrected chi connectivity index (χ3v) is 2.66. The average molecular weight is 229 g/mol. The number of hydrogen-bond acceptors (Lipinski definition) is 2. The molecule has 0 aromatic heterocycles. The van der Waals surface area contributed by atoms with E-state index in [2.05, 4.69) is 26.1 Å². The average Bonchev–Trinajstić information content (AvgIpc) is 2.12. The van der Waals surface area contributed by atoms with E-state index in [0.717, 1.165) is 12.8 Å². The molecule has 0 radical (unpaired) electrons. The van der Waals surface area contributed by atoms with E-state index in [9.17, 15) is 9.90 Å². The van der Waals surface area contributed by atoms with E-state index in [4.69, 9.17) is 0 Å². The van der Waals surface area contributed by atoms with E-state index < -0.39 is 5.60 Å². The maximum atomic E-state index is 11.6. The molecular formula is C13H27NO2. The summed E-state index contributed by atoms with van der Waals surface area (Å²) in [5, 5.41) is 12.9. The minimum absolute atomic E-state index is 0.0415. The molecule has 3 nitrogen and oxygen atoms in total. The van der Waals surface area contributed by atoms with Gasteiger partial charge < -0.3 is 10.4 Å². The van der Waals surface area contributed by atoms with Gasteiger partial charge in [0.2, 0.25) is 5.91 Å². The summed E-state index contributed by atoms with van der Waals surface area (Å²) < 4.78 is 0. The van der Waals surface area contributed by atoms with Crippen LogP contribution in [0.5, 0.6) is 0 Å². The number of nitrogens with one attached hydrogen (secondary N) is 1. The van der Waals surface area contributed by atoms with Gasteiger partial charge in [-0.15, -0.1) is 0 Å². The highest BCUT2D eigenvalue weighted by molar-refractivity contribution is 5.78. The highest BCUT2D eigenvalue weighted by atomic mass is 16.3. The summed E-state index contributed by atoms with van der Waals surface area (Å²) in [7, 11) is 0. The number of rotatable bonds is 7. The zero-order valence-electron chi connectivity index (χ0n) is 11.3. The lowest BCUT2D eigenvalue weighted by Crippen LogP contribution is -2.43. The summed E-state index contributed by atoms with van der Waals surface area (Å²) in [5.41, 5.74) is -0.796. The lowest BCUT2D eigenvalue weighted by molar-refractivity contribution is -0.126. The molecule has 1 amide bonds. The topological polar surface area (TPSA) is 49.3 Å². The van der Waals surface area contributed by atoms with Crippen LogP contribution in [0.1, 0.15) is 53.9 Å². The van der Waals surface area contributed by atoms with Gasteiger partial charge in [0.05, 0.1) is 5.60 Å². The first-order valence-electron chi connectivity index (χ1n) is 6.28. The molecule has 2 N–H and O–H groups in total. The summed E-state index contributed by atoms with van der Waals surface area (Å²) >= 11 is 0. The molecule has 0 aromatic carbocycles. The predicted molar refractivity (Wildman–Crippen MR) is 67.2 cm³/mol. The van der Waals surface area contributed by atoms with Crippen molar-refractivity contribution in [2.24, 2.45) is 11.8 Å². The fourth-order valence-corrected chi connectivity index (χ4v) is 1.97. The van der Waals surface area contributed by atoms with Gasteiger partial charge in [-0.1, -0.05) is 34.1 Å². The van der Waals surface area contributed by atoms with Crippen LogP contribution < -0.4 is 5.32 Å². The first-order valence-corrected chi connectivity index (χ1v) is 6.28. The summed E-state index contributed by atoms with van der Waals surface area (Å²) in [6.45, 7) is 10.2. The quantitative estimate of drug-likeness (QED) is 0.704. The molecule has 0 saturated heterocycles. The van der Waals surface area contributed by atoms with Gasteiger partial charge in [0.15, 0.2) is 0 Å². The fraction of sp³-hybridized carbons (Fsp3) is 0.923. The van der Waals surface area contributed by atoms with Crippen LogP contribution in [0.25, 0.3) is 0 Å². The largest absolute Gasteiger partial charge is 0.388 e. The SMILES string of the molecule is CCCC(C)C(=O)NCC(C)(O)CC(C)C. The Morgan fingerprint density at radius 1 is 1.38 bits per heavy atom. The fourth-order valence-electron chi connectivity index (χ4n) is 1.97. The molecule has 0 aliphatic carbocycles. The highest BCUT2D eigenvalue weighted by Crippen LogP contribution is 2.15. The van der Waals surface area contributed by atoms with E-state index >= 15 is 0 Å². The molecule has 0 saturated carbocycles. The maximum Gasteiger partial charge on any atom is 0.222 e. The van der Waals surface area contributed by atoms with Gasteiger partial charge in [-0.3, -0.25) is 4.79 Å². The smallest absolute Gasteiger partial charge is 0.222 e. The molecule has 96 valence electrons. The summed E-state index contributed by atoms with van der Waals surface area (Å²) in [4.78, 5) is 11.6. The van der Waals surface area contributed by atoms with Gasteiger partial charge >= 0.3 is 0 Å². The van der Waals surface area contributed by atoms with Crippen molar-refractivity contribution in [2.75, 3.05) is 6.54 Å². The van der Waals surface area contributed by atoms with Crippen LogP contribution in [-0.2, 0) is 4.79 Å². The normalized spacial score (nSPS) is 16.9. The second-order valence-corrected chi connectivity index (χ2v) is 5.50. The Kier molecular flexibility index (Phi) is 6.65. The van der Waals surface area contributed by atoms with Crippen molar-refractivity contribution in [1.29, 1.82) is 0 Å². The van der Waals surface area contributed by atoms with Crippen LogP contribution in [0.4, 0.5) is 0 Å². The van der Waals surface area contributed by atoms with Gasteiger partial charge in [0.25, 0.3) is 0 Å². The van der Waals surface area contributed by atoms with E-state index in [1.165, 1.54) is 0 Å². The van der Waals surface area contributed by atoms with Crippen molar-refractivity contribution in [1.82, 2.24) is 5.32 Å². The monoisotopic (exact) mass is 229 g/mol. The van der Waals surface area contributed by atoms with Crippen molar-refractivity contribution in [2.45, 2.75) is 59.5 Å². The van der Waals surface area contributed by atoms with Crippen molar-refractivity contribution >= 4 is 5.91 Å². The van der Waals surface area contributed by atoms with Crippen LogP contribution in [0, 0.1) is 11.8 Å². The first kappa shape index (κ1) is 15.4. The molecule has 2 unspecified atom stereocenters. The molecule has 0 fully saturated rings. The number of hydrogen-bond donors (Lipinski definition) is 2. The molecule has 0 spiro atoms. The van der Waals surface area contributed by atoms with Crippen molar-refractivity contribution in [3.8, 4) is 0 Å². The Morgan fingerprint density at radius 2 is 1.94 bits per heavy atom. The van der Waals surface area contributed by atoms with Crippen LogP contribution >= 0.6 is 0 Å². The second kappa shape index (κ2) is 6.89. The first-order chi connectivity index (χ1) is 7.28. The second-order valence-electron chi connectivity index (χ2n) is 5.50. The number of carbonyl (C=O) groups excluding carboxylic acids is 1. The van der Waals surface area contributed by atoms with E-state index in [-0.39, 0.29) is 11.8 Å². The van der Waals surface area contributed by atoms with Crippen molar-refractivity contribution in [3.05, 3.63) is 0 Å². The standard InChI is InChI=1S/C13H27NO2/c1-6-7-11(4)12(15)14-9-13(5,16)8-10(2)3/h10-11,16H,6-9H2,1-5H3,(H,14,15). The zero-order valence-corrected chi connectivity index (χ0v) is 11.3. The highest BCUT2D eigenvalue weighted by Gasteiger charge is 2.23. The molecule has 0 rings (SSSR count). The Hall–Kier alpha value is -0.570. The van der Waals surface area contributed by atoms with Crippen molar-refractivity contribution in [3.63, 3.8) is 0 Å². The zero-order chi connectivity index (χ0) is 12.8. The predicted octanol–water partition coefficient (Wildman–Crippen LogP) is 2.34. The third-order valence-electron chi connectivity index (χ3n) is 2.66. The van der Waals surface area contributed by atoms with Crippen LogP contribution in [0.2, 0.25) is 0 Å². The molecule has 2 atom stereocenters. The van der Waals surface area contributed by atoms with Crippen LogP contribution in [0.3, 0.4) is 0 Å². The van der Waals surface area contributed by atoms with Gasteiger partial charge in [0, 0.05) is 12.5 Å². The van der Waals surface area contributed by atoms with Crippen LogP contribution in [-0.4, -0.2) is 23.2 Å². The minimum atomic E-state index is -0.796. The Balaban J connectivity index is 3.99. The molecule has 0 bridgehead atoms. The van der Waals surface area contributed by atoms with Crippen LogP contribution in [0.15, 0.2) is 0 Å². The van der Waals surface area contributed by atoms with Gasteiger partial charge in [-0.25, -0.2) is 0 Å². The third kappa shape index (κ3) is 6.83. The maximum absolute atomic E-state index is 11.6. The van der Waals surface area contributed by atoms with E-state index in [1.54, 1.807) is 6.92 Å². The molecule has 0 aromatic rings. The number of amides is 1. The molecule has 3 heteroatoms. The lowest BCUT2D eigenvalue weighted by Gasteiger charge is -2.26. The molecular weight excluding hydrogens is 202 g/mol. The number of carbonyl (C=O) groups is 1. The van der Waals surface area contributed by atoms with Gasteiger partial charge in [0.1, 0.15) is 0 Å². The van der Waals surface area contributed by atoms with Crippen molar-refractivity contribution < 1.29 is 9.90 Å². The Bertz CT molecular complexity index is 212. The van der Waals surface area contributed by atoms with Gasteiger partial charge in [-0.2, -0.15) is 0 Å². The molecule has 16 heavy (non-hydrogen) atoms. The molecule has 0 aliphatic rings. The Labute approximate surface area is 99.6 Å². The summed E-state index contributed by atoms with van der Waals surface area (Å²) in [6, 6.07) is 0. The van der Waals surface area contributed by atoms with Gasteiger partial charge in [-0.05, 0) is 25.7 Å². The minimum Gasteiger partial charge on any atom is -0.388 e. The summed E-state index contributed by atoms with van der Waals surface area (Å²) in [5.74, 6) is 0.519.